The van der Waals surface area contributed by atoms with E-state index in [-0.39, 0.29) is 5.82 Å². The van der Waals surface area contributed by atoms with E-state index < -0.39 is 0 Å². The third-order valence-electron chi connectivity index (χ3n) is 7.76. The zero-order chi connectivity index (χ0) is 34.8. The van der Waals surface area contributed by atoms with E-state index in [9.17, 15) is 4.39 Å². The Bertz CT molecular complexity index is 2310. The van der Waals surface area contributed by atoms with Crippen LogP contribution in [0.15, 0.2) is 146 Å². The Kier molecular flexibility index (Phi) is 10.1. The molecule has 8 rings (SSSR count). The lowest BCUT2D eigenvalue weighted by Crippen LogP contribution is -2.02. The SMILES string of the molecule is Clc1ccc(-c2n[nH]cc2-c2ccnc(NCc3ccccn3)c2)cc1.Fc1ccc(-c2n[nH]cc2-c2ccnc(Nc3ccccn3)c2)cc1. The summed E-state index contributed by atoms with van der Waals surface area (Å²) in [6.45, 7) is 0.618. The molecule has 8 aromatic rings. The molecule has 6 aromatic heterocycles. The van der Waals surface area contributed by atoms with Crippen LogP contribution in [0.4, 0.5) is 21.8 Å². The van der Waals surface area contributed by atoms with Gasteiger partial charge >= 0.3 is 0 Å². The van der Waals surface area contributed by atoms with E-state index in [1.807, 2.05) is 97.3 Å². The van der Waals surface area contributed by atoms with Crippen LogP contribution in [0.25, 0.3) is 44.8 Å². The molecular formula is C39H30ClFN10. The molecule has 0 amide bonds. The molecule has 0 unspecified atom stereocenters. The van der Waals surface area contributed by atoms with E-state index in [2.05, 4.69) is 51.0 Å². The van der Waals surface area contributed by atoms with Crippen molar-refractivity contribution in [3.63, 3.8) is 0 Å². The molecule has 0 radical (unpaired) electrons. The van der Waals surface area contributed by atoms with Gasteiger partial charge in [-0.05, 0) is 96.1 Å². The predicted octanol–water partition coefficient (Wildman–Crippen LogP) is 9.22. The number of benzene rings is 2. The molecular weight excluding hydrogens is 663 g/mol. The highest BCUT2D eigenvalue weighted by atomic mass is 35.5. The summed E-state index contributed by atoms with van der Waals surface area (Å²) in [5.74, 6) is 1.92. The van der Waals surface area contributed by atoms with Crippen LogP contribution in [-0.4, -0.2) is 40.3 Å². The Morgan fingerprint density at radius 1 is 0.549 bits per heavy atom. The van der Waals surface area contributed by atoms with Crippen molar-refractivity contribution in [2.24, 2.45) is 0 Å². The maximum atomic E-state index is 13.2. The number of rotatable bonds is 9. The smallest absolute Gasteiger partial charge is 0.132 e. The lowest BCUT2D eigenvalue weighted by Gasteiger charge is -2.08. The summed E-state index contributed by atoms with van der Waals surface area (Å²) >= 11 is 5.99. The number of aromatic amines is 2. The second kappa shape index (κ2) is 15.7. The Labute approximate surface area is 297 Å². The summed E-state index contributed by atoms with van der Waals surface area (Å²) in [5, 5.41) is 21.7. The van der Waals surface area contributed by atoms with E-state index in [1.165, 1.54) is 12.1 Å². The number of nitrogens with one attached hydrogen (secondary N) is 4. The zero-order valence-corrected chi connectivity index (χ0v) is 27.8. The van der Waals surface area contributed by atoms with E-state index in [4.69, 9.17) is 11.6 Å². The van der Waals surface area contributed by atoms with Gasteiger partial charge in [-0.2, -0.15) is 10.2 Å². The van der Waals surface area contributed by atoms with Gasteiger partial charge in [0.1, 0.15) is 23.3 Å². The molecule has 0 aliphatic heterocycles. The number of pyridine rings is 4. The monoisotopic (exact) mass is 692 g/mol. The van der Waals surface area contributed by atoms with Crippen LogP contribution < -0.4 is 10.6 Å². The normalized spacial score (nSPS) is 10.6. The molecule has 0 aliphatic rings. The average Bonchev–Trinajstić information content (AvgIpc) is 3.88. The Morgan fingerprint density at radius 3 is 1.73 bits per heavy atom. The number of hydrogen-bond acceptors (Lipinski definition) is 8. The fraction of sp³-hybridized carbons (Fsp3) is 0.0256. The molecule has 0 bridgehead atoms. The third-order valence-corrected chi connectivity index (χ3v) is 8.01. The molecule has 0 atom stereocenters. The fourth-order valence-electron chi connectivity index (χ4n) is 5.29. The Hall–Kier alpha value is -6.72. The van der Waals surface area contributed by atoms with Gasteiger partial charge in [-0.15, -0.1) is 0 Å². The van der Waals surface area contributed by atoms with Gasteiger partial charge in [0.2, 0.25) is 0 Å². The van der Waals surface area contributed by atoms with E-state index in [1.54, 1.807) is 36.9 Å². The molecule has 0 aliphatic carbocycles. The van der Waals surface area contributed by atoms with Crippen LogP contribution >= 0.6 is 11.6 Å². The summed E-state index contributed by atoms with van der Waals surface area (Å²) in [7, 11) is 0. The van der Waals surface area contributed by atoms with Gasteiger partial charge in [-0.3, -0.25) is 15.2 Å². The maximum absolute atomic E-state index is 13.2. The molecule has 250 valence electrons. The van der Waals surface area contributed by atoms with Gasteiger partial charge in [0.15, 0.2) is 0 Å². The lowest BCUT2D eigenvalue weighted by molar-refractivity contribution is 0.628. The van der Waals surface area contributed by atoms with Gasteiger partial charge in [0.25, 0.3) is 0 Å². The van der Waals surface area contributed by atoms with Gasteiger partial charge in [-0.1, -0.05) is 35.9 Å². The second-order valence-electron chi connectivity index (χ2n) is 11.2. The first kappa shape index (κ1) is 32.8. The summed E-state index contributed by atoms with van der Waals surface area (Å²) < 4.78 is 13.2. The van der Waals surface area contributed by atoms with E-state index in [0.29, 0.717) is 17.4 Å². The molecule has 10 nitrogen and oxygen atoms in total. The van der Waals surface area contributed by atoms with Gasteiger partial charge in [0.05, 0.1) is 23.6 Å². The van der Waals surface area contributed by atoms with Crippen molar-refractivity contribution in [1.29, 1.82) is 0 Å². The molecule has 0 saturated heterocycles. The van der Waals surface area contributed by atoms with Gasteiger partial charge in [0, 0.05) is 64.5 Å². The summed E-state index contributed by atoms with van der Waals surface area (Å²) in [6, 6.07) is 33.2. The van der Waals surface area contributed by atoms with Crippen molar-refractivity contribution in [1.82, 2.24) is 40.3 Å². The third kappa shape index (κ3) is 8.30. The van der Waals surface area contributed by atoms with E-state index in [0.717, 1.165) is 62.1 Å². The molecule has 4 N–H and O–H groups in total. The second-order valence-corrected chi connectivity index (χ2v) is 11.6. The minimum absolute atomic E-state index is 0.272. The highest BCUT2D eigenvalue weighted by molar-refractivity contribution is 6.30. The summed E-state index contributed by atoms with van der Waals surface area (Å²) in [4.78, 5) is 17.3. The first-order valence-electron chi connectivity index (χ1n) is 15.9. The maximum Gasteiger partial charge on any atom is 0.132 e. The zero-order valence-electron chi connectivity index (χ0n) is 27.0. The highest BCUT2D eigenvalue weighted by Crippen LogP contribution is 2.33. The van der Waals surface area contributed by atoms with Crippen LogP contribution in [0.2, 0.25) is 5.02 Å². The quantitative estimate of drug-likeness (QED) is 0.118. The first-order valence-corrected chi connectivity index (χ1v) is 16.3. The standard InChI is InChI=1S/C20H16ClN5.C19H14FN5/c21-16-6-4-14(5-7-16)20-18(13-25-26-20)15-8-10-23-19(11-15)24-12-17-3-1-2-9-22-17;20-15-6-4-13(5-7-15)19-16(12-23-25-19)14-8-10-22-18(11-14)24-17-3-1-2-9-21-17/h1-11,13H,12H2,(H,23,24)(H,25,26);1-12H,(H,23,25)(H,21,22,24). The van der Waals surface area contributed by atoms with Gasteiger partial charge < -0.3 is 10.6 Å². The van der Waals surface area contributed by atoms with Crippen LogP contribution in [0, 0.1) is 5.82 Å². The van der Waals surface area contributed by atoms with Crippen molar-refractivity contribution in [2.75, 3.05) is 10.6 Å². The summed E-state index contributed by atoms with van der Waals surface area (Å²) in [5.41, 5.74) is 8.35. The molecule has 2 aromatic carbocycles. The lowest BCUT2D eigenvalue weighted by atomic mass is 10.0. The molecule has 12 heteroatoms. The van der Waals surface area contributed by atoms with Crippen LogP contribution in [-0.2, 0) is 6.54 Å². The minimum atomic E-state index is -0.272. The van der Waals surface area contributed by atoms with Crippen LogP contribution in [0.3, 0.4) is 0 Å². The first-order chi connectivity index (χ1) is 25.1. The molecule has 6 heterocycles. The predicted molar refractivity (Wildman–Crippen MR) is 199 cm³/mol. The number of aromatic nitrogens is 8. The highest BCUT2D eigenvalue weighted by Gasteiger charge is 2.13. The largest absolute Gasteiger partial charge is 0.364 e. The Balaban J connectivity index is 0.000000159. The van der Waals surface area contributed by atoms with Crippen LogP contribution in [0.5, 0.6) is 0 Å². The molecule has 0 saturated carbocycles. The number of nitrogens with zero attached hydrogens (tertiary/aromatic N) is 6. The van der Waals surface area contributed by atoms with Crippen molar-refractivity contribution in [3.05, 3.63) is 163 Å². The van der Waals surface area contributed by atoms with E-state index >= 15 is 0 Å². The number of hydrogen-bond donors (Lipinski definition) is 4. The van der Waals surface area contributed by atoms with Crippen LogP contribution in [0.1, 0.15) is 5.69 Å². The van der Waals surface area contributed by atoms with Crippen molar-refractivity contribution in [2.45, 2.75) is 6.54 Å². The minimum Gasteiger partial charge on any atom is -0.364 e. The topological polar surface area (TPSA) is 133 Å². The molecule has 51 heavy (non-hydrogen) atoms. The van der Waals surface area contributed by atoms with Crippen molar-refractivity contribution >= 4 is 29.1 Å². The van der Waals surface area contributed by atoms with Crippen molar-refractivity contribution in [3.8, 4) is 44.8 Å². The number of anilines is 3. The number of H-pyrrole nitrogens is 2. The average molecular weight is 693 g/mol. The number of halogens is 2. The van der Waals surface area contributed by atoms with Gasteiger partial charge in [-0.25, -0.2) is 19.3 Å². The molecule has 0 fully saturated rings. The molecule has 0 spiro atoms. The fourth-order valence-corrected chi connectivity index (χ4v) is 5.41. The van der Waals surface area contributed by atoms with Crippen molar-refractivity contribution < 1.29 is 4.39 Å². The summed E-state index contributed by atoms with van der Waals surface area (Å²) in [6.07, 6.45) is 10.7. The Morgan fingerprint density at radius 2 is 1.12 bits per heavy atom.